The summed E-state index contributed by atoms with van der Waals surface area (Å²) in [6.45, 7) is 6.99. The van der Waals surface area contributed by atoms with Crippen LogP contribution in [0.2, 0.25) is 0 Å². The molecule has 0 aliphatic carbocycles. The topological polar surface area (TPSA) is 108 Å². The van der Waals surface area contributed by atoms with E-state index in [1.54, 1.807) is 6.92 Å². The van der Waals surface area contributed by atoms with E-state index in [1.165, 1.54) is 11.1 Å². The lowest BCUT2D eigenvalue weighted by Gasteiger charge is -2.43. The number of carbonyl (C=O) groups is 1. The molecule has 1 saturated heterocycles. The van der Waals surface area contributed by atoms with Crippen molar-refractivity contribution in [2.45, 2.75) is 32.6 Å². The van der Waals surface area contributed by atoms with Gasteiger partial charge in [-0.1, -0.05) is 24.3 Å². The molecule has 0 radical (unpaired) electrons. The zero-order valence-electron chi connectivity index (χ0n) is 17.0. The van der Waals surface area contributed by atoms with Gasteiger partial charge in [0.1, 0.15) is 6.54 Å². The number of hydrogen-bond donors (Lipinski definition) is 2. The number of aliphatic hydroxyl groups is 1. The van der Waals surface area contributed by atoms with Gasteiger partial charge in [0.25, 0.3) is 0 Å². The van der Waals surface area contributed by atoms with E-state index in [4.69, 9.17) is 5.11 Å². The highest BCUT2D eigenvalue weighted by Crippen LogP contribution is 2.42. The number of benzene rings is 1. The normalized spacial score (nSPS) is 27.6. The van der Waals surface area contributed by atoms with Crippen molar-refractivity contribution in [2.24, 2.45) is 5.92 Å². The Morgan fingerprint density at radius 3 is 2.68 bits per heavy atom. The van der Waals surface area contributed by atoms with Crippen molar-refractivity contribution < 1.29 is 25.0 Å². The van der Waals surface area contributed by atoms with Gasteiger partial charge in [-0.3, -0.25) is 0 Å². The maximum absolute atomic E-state index is 12.1. The highest BCUT2D eigenvalue weighted by atomic mass is 16.4. The number of para-hydroxylation sites is 1. The molecule has 4 heterocycles. The number of fused-ring (bicyclic) bond motifs is 4. The first-order valence-corrected chi connectivity index (χ1v) is 9.84. The maximum Gasteiger partial charge on any atom is 0.100 e. The van der Waals surface area contributed by atoms with E-state index in [-0.39, 0.29) is 18.0 Å². The number of allylic oxidation sites excluding steroid dienone is 1. The monoisotopic (exact) mass is 388 g/mol. The van der Waals surface area contributed by atoms with Crippen molar-refractivity contribution in [3.8, 4) is 0 Å². The Kier molecular flexibility index (Phi) is 7.04. The molecule has 1 fully saturated rings. The summed E-state index contributed by atoms with van der Waals surface area (Å²) in [5.74, 6) is -1.49. The molecule has 3 aliphatic rings. The van der Waals surface area contributed by atoms with Crippen molar-refractivity contribution in [2.75, 3.05) is 33.3 Å². The number of carboxylic acid groups (broad SMARTS) is 1. The summed E-state index contributed by atoms with van der Waals surface area (Å²) in [7, 11) is 2.30. The third-order valence-corrected chi connectivity index (χ3v) is 6.11. The van der Waals surface area contributed by atoms with Crippen LogP contribution in [0.4, 0.5) is 0 Å². The summed E-state index contributed by atoms with van der Waals surface area (Å²) >= 11 is 0. The van der Waals surface area contributed by atoms with Gasteiger partial charge in [-0.2, -0.15) is 0 Å². The van der Waals surface area contributed by atoms with E-state index < -0.39 is 11.9 Å². The summed E-state index contributed by atoms with van der Waals surface area (Å²) in [6.07, 6.45) is 3.94. The van der Waals surface area contributed by atoms with E-state index in [2.05, 4.69) is 24.2 Å². The summed E-state index contributed by atoms with van der Waals surface area (Å²) in [5.41, 5.74) is 4.35. The predicted octanol–water partition coefficient (Wildman–Crippen LogP) is 1.14. The predicted molar refractivity (Wildman–Crippen MR) is 109 cm³/mol. The molecule has 5 rings (SSSR count). The molecule has 3 aliphatic heterocycles. The molecular formula is C22H32N2O4. The van der Waals surface area contributed by atoms with Crippen LogP contribution in [0, 0.1) is 5.92 Å². The number of quaternary nitrogens is 1. The number of piperidine rings is 1. The van der Waals surface area contributed by atoms with Crippen molar-refractivity contribution in [3.63, 3.8) is 0 Å². The average Bonchev–Trinajstić information content (AvgIpc) is 3.02. The number of carbonyl (C=O) groups excluding carboxylic acids is 1. The third-order valence-electron chi connectivity index (χ3n) is 6.11. The minimum atomic E-state index is -0.954. The zero-order chi connectivity index (χ0) is 19.6. The van der Waals surface area contributed by atoms with Crippen LogP contribution in [0.25, 0.3) is 10.9 Å². The van der Waals surface area contributed by atoms with Gasteiger partial charge in [0.05, 0.1) is 26.1 Å². The molecule has 28 heavy (non-hydrogen) atoms. The largest absolute Gasteiger partial charge is 0.549 e. The Morgan fingerprint density at radius 2 is 2.04 bits per heavy atom. The number of rotatable bonds is 1. The first-order valence-electron chi connectivity index (χ1n) is 9.84. The van der Waals surface area contributed by atoms with E-state index >= 15 is 0 Å². The molecule has 154 valence electrons. The minimum Gasteiger partial charge on any atom is -0.549 e. The number of nitrogens with one attached hydrogen (secondary N) is 1. The van der Waals surface area contributed by atoms with Crippen LogP contribution in [-0.4, -0.2) is 59.3 Å². The number of likely N-dealkylation sites (N-methyl/N-ethyl adjacent to an activating group) is 1. The van der Waals surface area contributed by atoms with E-state index in [1.807, 2.05) is 25.1 Å². The molecule has 2 bridgehead atoms. The molecular weight excluding hydrogens is 356 g/mol. The second-order valence-corrected chi connectivity index (χ2v) is 7.91. The van der Waals surface area contributed by atoms with Gasteiger partial charge >= 0.3 is 0 Å². The number of nitrogens with zero attached hydrogens (tertiary/aromatic N) is 1. The molecule has 1 aromatic carbocycles. The third kappa shape index (κ3) is 3.99. The molecule has 0 unspecified atom stereocenters. The summed E-state index contributed by atoms with van der Waals surface area (Å²) in [5, 5.41) is 20.9. The number of carboxylic acids is 1. The maximum atomic E-state index is 12.1. The number of aliphatic hydroxyl groups excluding tert-OH is 1. The van der Waals surface area contributed by atoms with Crippen LogP contribution in [0.15, 0.2) is 35.9 Å². The molecule has 1 aromatic heterocycles. The summed E-state index contributed by atoms with van der Waals surface area (Å²) in [4.78, 5) is 15.6. The highest BCUT2D eigenvalue weighted by Gasteiger charge is 2.41. The lowest BCUT2D eigenvalue weighted by atomic mass is 9.78. The standard InChI is InChI=1S/C20H24N2O2.C2H6O.H2O/c1-3-13-12-22(2)10-8-14(13)18(20(23)24)19-16(9-11-22)15-6-4-5-7-17(15)21-19;1-2-3;/h3-7,14,18,21H,8-12H2,1-2H3;3H,2H2,1H3;1H2/b13-3-;;/t14-,18-,22-;;/m0../s1. The molecule has 6 nitrogen and oxygen atoms in total. The van der Waals surface area contributed by atoms with Crippen LogP contribution in [0.5, 0.6) is 0 Å². The Labute approximate surface area is 166 Å². The Morgan fingerprint density at radius 1 is 1.36 bits per heavy atom. The van der Waals surface area contributed by atoms with Crippen LogP contribution >= 0.6 is 0 Å². The Balaban J connectivity index is 0.000000660. The smallest absolute Gasteiger partial charge is 0.100 e. The fourth-order valence-corrected chi connectivity index (χ4v) is 4.77. The van der Waals surface area contributed by atoms with Crippen LogP contribution in [-0.2, 0) is 11.2 Å². The average molecular weight is 389 g/mol. The Bertz CT molecular complexity index is 857. The number of hydrogen-bond acceptors (Lipinski definition) is 3. The second kappa shape index (κ2) is 8.90. The lowest BCUT2D eigenvalue weighted by molar-refractivity contribution is -0.909. The molecule has 3 atom stereocenters. The van der Waals surface area contributed by atoms with Gasteiger partial charge in [-0.15, -0.1) is 0 Å². The highest BCUT2D eigenvalue weighted by molar-refractivity contribution is 5.87. The van der Waals surface area contributed by atoms with E-state index in [0.29, 0.717) is 0 Å². The Hall–Kier alpha value is -2.15. The minimum absolute atomic E-state index is 0. The van der Waals surface area contributed by atoms with Crippen molar-refractivity contribution in [1.82, 2.24) is 4.98 Å². The van der Waals surface area contributed by atoms with Crippen LogP contribution in [0.1, 0.15) is 37.4 Å². The van der Waals surface area contributed by atoms with Crippen molar-refractivity contribution in [1.29, 1.82) is 0 Å². The molecule has 0 saturated carbocycles. The molecule has 0 amide bonds. The van der Waals surface area contributed by atoms with Crippen LogP contribution in [0.3, 0.4) is 0 Å². The van der Waals surface area contributed by atoms with E-state index in [0.717, 1.165) is 53.6 Å². The van der Waals surface area contributed by atoms with Gasteiger partial charge < -0.3 is 30.0 Å². The fourth-order valence-electron chi connectivity index (χ4n) is 4.77. The number of aliphatic carboxylic acids is 1. The second-order valence-electron chi connectivity index (χ2n) is 7.91. The van der Waals surface area contributed by atoms with Crippen LogP contribution < -0.4 is 5.11 Å². The first-order chi connectivity index (χ1) is 12.9. The van der Waals surface area contributed by atoms with E-state index in [9.17, 15) is 9.90 Å². The van der Waals surface area contributed by atoms with Gasteiger partial charge in [-0.25, -0.2) is 0 Å². The summed E-state index contributed by atoms with van der Waals surface area (Å²) in [6, 6.07) is 8.15. The molecule has 6 heteroatoms. The van der Waals surface area contributed by atoms with Crippen molar-refractivity contribution in [3.05, 3.63) is 47.2 Å². The van der Waals surface area contributed by atoms with Gasteiger partial charge in [0.15, 0.2) is 0 Å². The zero-order valence-corrected chi connectivity index (χ0v) is 17.0. The first kappa shape index (κ1) is 22.1. The number of H-pyrrole nitrogens is 1. The van der Waals surface area contributed by atoms with Gasteiger partial charge in [0, 0.05) is 47.9 Å². The van der Waals surface area contributed by atoms with Gasteiger partial charge in [-0.05, 0) is 31.1 Å². The van der Waals surface area contributed by atoms with Gasteiger partial charge in [0.2, 0.25) is 0 Å². The SMILES string of the molecule is C/C=C1/C[N@+]2(C)CCc3c([nH]c4ccccc34)[C@@H](C(=O)[O-])[C@H]1CC2.CCO.O. The fraction of sp³-hybridized carbons (Fsp3) is 0.500. The molecule has 4 N–H and O–H groups in total. The quantitative estimate of drug-likeness (QED) is 0.565. The number of aromatic nitrogens is 1. The lowest BCUT2D eigenvalue weighted by Crippen LogP contribution is -2.52. The summed E-state index contributed by atoms with van der Waals surface area (Å²) < 4.78 is 0.995. The number of aromatic amines is 1. The van der Waals surface area contributed by atoms with Crippen molar-refractivity contribution >= 4 is 16.9 Å². The molecule has 2 aromatic rings. The molecule has 0 spiro atoms.